The Bertz CT molecular complexity index is 302. The third kappa shape index (κ3) is 3.91. The van der Waals surface area contributed by atoms with E-state index in [1.54, 1.807) is 0 Å². The van der Waals surface area contributed by atoms with Gasteiger partial charge in [0.2, 0.25) is 0 Å². The molecule has 7 heteroatoms. The highest BCUT2D eigenvalue weighted by atomic mass is 79.9. The monoisotopic (exact) mass is 269 g/mol. The van der Waals surface area contributed by atoms with Crippen LogP contribution in [0.25, 0.3) is 0 Å². The number of hydrogen-bond donors (Lipinski definition) is 1. The van der Waals surface area contributed by atoms with Crippen LogP contribution in [0, 0.1) is 0 Å². The number of halogens is 4. The molecule has 0 fully saturated rings. The summed E-state index contributed by atoms with van der Waals surface area (Å²) in [5.41, 5.74) is 0. The fourth-order valence-corrected chi connectivity index (χ4v) is 1.13. The molecule has 3 nitrogen and oxygen atoms in total. The summed E-state index contributed by atoms with van der Waals surface area (Å²) in [5, 5.41) is 2.55. The van der Waals surface area contributed by atoms with E-state index in [0.29, 0.717) is 10.3 Å². The number of rotatable bonds is 3. The lowest BCUT2D eigenvalue weighted by molar-refractivity contribution is -0.131. The van der Waals surface area contributed by atoms with Crippen LogP contribution in [0.2, 0.25) is 0 Å². The number of aromatic nitrogens is 2. The third-order valence-corrected chi connectivity index (χ3v) is 1.95. The number of anilines is 1. The second-order valence-electron chi connectivity index (χ2n) is 2.51. The van der Waals surface area contributed by atoms with Gasteiger partial charge in [-0.05, 0) is 15.9 Å². The Hall–Kier alpha value is -0.850. The Morgan fingerprint density at radius 3 is 2.71 bits per heavy atom. The predicted molar refractivity (Wildman–Crippen MR) is 48.9 cm³/mol. The smallest absolute Gasteiger partial charge is 0.369 e. The molecule has 1 rings (SSSR count). The first-order chi connectivity index (χ1) is 6.49. The summed E-state index contributed by atoms with van der Waals surface area (Å²) in [6.45, 7) is -0.195. The zero-order valence-corrected chi connectivity index (χ0v) is 8.56. The molecule has 0 saturated carbocycles. The second-order valence-corrected chi connectivity index (χ2v) is 3.37. The lowest BCUT2D eigenvalue weighted by Gasteiger charge is -2.08. The number of hydrogen-bond acceptors (Lipinski definition) is 3. The van der Waals surface area contributed by atoms with Crippen LogP contribution in [0.5, 0.6) is 0 Å². The SMILES string of the molecule is FC(F)(F)CCNc1ncncc1Br. The van der Waals surface area contributed by atoms with Gasteiger partial charge in [-0.1, -0.05) is 0 Å². The molecule has 0 amide bonds. The van der Waals surface area contributed by atoms with Crippen molar-refractivity contribution in [2.24, 2.45) is 0 Å². The first-order valence-electron chi connectivity index (χ1n) is 3.75. The Labute approximate surface area is 86.9 Å². The molecule has 0 radical (unpaired) electrons. The molecule has 0 aliphatic rings. The lowest BCUT2D eigenvalue weighted by Crippen LogP contribution is -2.15. The predicted octanol–water partition coefficient (Wildman–Crippen LogP) is 2.60. The first kappa shape index (κ1) is 11.2. The Balaban J connectivity index is 2.43. The van der Waals surface area contributed by atoms with Gasteiger partial charge < -0.3 is 5.32 Å². The van der Waals surface area contributed by atoms with Gasteiger partial charge >= 0.3 is 6.18 Å². The van der Waals surface area contributed by atoms with E-state index in [1.807, 2.05) is 0 Å². The normalized spacial score (nSPS) is 11.4. The van der Waals surface area contributed by atoms with Crippen LogP contribution in [0.15, 0.2) is 17.0 Å². The number of nitrogens with one attached hydrogen (secondary N) is 1. The topological polar surface area (TPSA) is 37.8 Å². The quantitative estimate of drug-likeness (QED) is 0.917. The molecule has 0 bridgehead atoms. The van der Waals surface area contributed by atoms with Crippen molar-refractivity contribution in [2.75, 3.05) is 11.9 Å². The summed E-state index contributed by atoms with van der Waals surface area (Å²) in [4.78, 5) is 7.44. The maximum Gasteiger partial charge on any atom is 0.390 e. The molecule has 1 heterocycles. The van der Waals surface area contributed by atoms with Crippen molar-refractivity contribution in [2.45, 2.75) is 12.6 Å². The summed E-state index contributed by atoms with van der Waals surface area (Å²) >= 11 is 3.11. The van der Waals surface area contributed by atoms with Gasteiger partial charge in [0.15, 0.2) is 0 Å². The summed E-state index contributed by atoms with van der Waals surface area (Å²) < 4.78 is 35.9. The molecule has 0 aliphatic heterocycles. The fourth-order valence-electron chi connectivity index (χ4n) is 0.765. The third-order valence-electron chi connectivity index (χ3n) is 1.37. The van der Waals surface area contributed by atoms with Gasteiger partial charge in [-0.15, -0.1) is 0 Å². The molecular formula is C7H7BrF3N3. The Morgan fingerprint density at radius 1 is 1.43 bits per heavy atom. The van der Waals surface area contributed by atoms with Crippen LogP contribution >= 0.6 is 15.9 Å². The average Bonchev–Trinajstić information content (AvgIpc) is 2.06. The molecule has 1 aromatic rings. The minimum atomic E-state index is -4.15. The minimum absolute atomic E-state index is 0.195. The van der Waals surface area contributed by atoms with E-state index >= 15 is 0 Å². The van der Waals surface area contributed by atoms with E-state index in [9.17, 15) is 13.2 Å². The minimum Gasteiger partial charge on any atom is -0.369 e. The summed E-state index contributed by atoms with van der Waals surface area (Å²) in [6, 6.07) is 0. The van der Waals surface area contributed by atoms with Gasteiger partial charge in [0.1, 0.15) is 12.1 Å². The fraction of sp³-hybridized carbons (Fsp3) is 0.429. The van der Waals surface area contributed by atoms with Crippen molar-refractivity contribution >= 4 is 21.7 Å². The standard InChI is InChI=1S/C7H7BrF3N3/c8-5-3-12-4-14-6(5)13-2-1-7(9,10)11/h3-4H,1-2H2,(H,12,13,14). The molecule has 0 aliphatic carbocycles. The van der Waals surface area contributed by atoms with Crippen molar-refractivity contribution in [3.63, 3.8) is 0 Å². The van der Waals surface area contributed by atoms with E-state index in [4.69, 9.17) is 0 Å². The van der Waals surface area contributed by atoms with E-state index in [1.165, 1.54) is 12.5 Å². The molecule has 78 valence electrons. The van der Waals surface area contributed by atoms with Crippen LogP contribution in [0.4, 0.5) is 19.0 Å². The summed E-state index contributed by atoms with van der Waals surface area (Å²) in [5.74, 6) is 0.365. The van der Waals surface area contributed by atoms with Crippen LogP contribution < -0.4 is 5.32 Å². The Kier molecular flexibility index (Phi) is 3.68. The molecule has 0 saturated heterocycles. The van der Waals surface area contributed by atoms with Gasteiger partial charge in [-0.2, -0.15) is 13.2 Å². The van der Waals surface area contributed by atoms with Crippen molar-refractivity contribution in [3.05, 3.63) is 17.0 Å². The Morgan fingerprint density at radius 2 is 2.14 bits per heavy atom. The van der Waals surface area contributed by atoms with Gasteiger partial charge in [-0.3, -0.25) is 0 Å². The first-order valence-corrected chi connectivity index (χ1v) is 4.54. The average molecular weight is 270 g/mol. The van der Waals surface area contributed by atoms with E-state index in [2.05, 4.69) is 31.2 Å². The van der Waals surface area contributed by atoms with Crippen molar-refractivity contribution in [3.8, 4) is 0 Å². The van der Waals surface area contributed by atoms with Crippen molar-refractivity contribution in [1.82, 2.24) is 9.97 Å². The van der Waals surface area contributed by atoms with Gasteiger partial charge in [0.25, 0.3) is 0 Å². The van der Waals surface area contributed by atoms with Gasteiger partial charge in [0, 0.05) is 12.7 Å². The molecular weight excluding hydrogens is 263 g/mol. The largest absolute Gasteiger partial charge is 0.390 e. The summed E-state index contributed by atoms with van der Waals surface area (Å²) in [7, 11) is 0. The van der Waals surface area contributed by atoms with E-state index in [-0.39, 0.29) is 6.54 Å². The molecule has 0 spiro atoms. The van der Waals surface area contributed by atoms with Crippen molar-refractivity contribution < 1.29 is 13.2 Å². The zero-order valence-electron chi connectivity index (χ0n) is 6.98. The van der Waals surface area contributed by atoms with E-state index < -0.39 is 12.6 Å². The zero-order chi connectivity index (χ0) is 10.6. The lowest BCUT2D eigenvalue weighted by atomic mass is 10.4. The molecule has 0 unspecified atom stereocenters. The number of alkyl halides is 3. The highest BCUT2D eigenvalue weighted by Gasteiger charge is 2.26. The van der Waals surface area contributed by atoms with Crippen LogP contribution in [-0.2, 0) is 0 Å². The van der Waals surface area contributed by atoms with Crippen LogP contribution in [0.3, 0.4) is 0 Å². The van der Waals surface area contributed by atoms with Crippen LogP contribution in [0.1, 0.15) is 6.42 Å². The second kappa shape index (κ2) is 4.59. The molecule has 1 aromatic heterocycles. The maximum atomic E-state index is 11.8. The molecule has 1 N–H and O–H groups in total. The maximum absolute atomic E-state index is 11.8. The molecule has 14 heavy (non-hydrogen) atoms. The molecule has 0 aromatic carbocycles. The van der Waals surface area contributed by atoms with Gasteiger partial charge in [-0.25, -0.2) is 9.97 Å². The highest BCUT2D eigenvalue weighted by Crippen LogP contribution is 2.21. The summed E-state index contributed by atoms with van der Waals surface area (Å²) in [6.07, 6.45) is -2.31. The molecule has 0 atom stereocenters. The van der Waals surface area contributed by atoms with Crippen LogP contribution in [-0.4, -0.2) is 22.7 Å². The van der Waals surface area contributed by atoms with Gasteiger partial charge in [0.05, 0.1) is 10.9 Å². The van der Waals surface area contributed by atoms with E-state index in [0.717, 1.165) is 0 Å². The van der Waals surface area contributed by atoms with Crippen molar-refractivity contribution in [1.29, 1.82) is 0 Å². The number of nitrogens with zero attached hydrogens (tertiary/aromatic N) is 2. The highest BCUT2D eigenvalue weighted by molar-refractivity contribution is 9.10.